The highest BCUT2D eigenvalue weighted by atomic mass is 32.2. The minimum Gasteiger partial charge on any atom is -0.369 e. The minimum atomic E-state index is -3.77. The number of rotatable bonds is 6. The molecule has 1 aromatic rings. The first kappa shape index (κ1) is 15.3. The molecule has 0 aliphatic rings. The molecule has 1 aromatic carbocycles. The Balaban J connectivity index is 3.11. The van der Waals surface area contributed by atoms with Gasteiger partial charge in [0.2, 0.25) is 15.9 Å². The molecular weight excluding hydrogens is 268 g/mol. The van der Waals surface area contributed by atoms with E-state index < -0.39 is 15.9 Å². The highest BCUT2D eigenvalue weighted by Crippen LogP contribution is 2.16. The van der Waals surface area contributed by atoms with Gasteiger partial charge < -0.3 is 5.73 Å². The van der Waals surface area contributed by atoms with E-state index in [1.165, 1.54) is 31.2 Å². The van der Waals surface area contributed by atoms with Crippen LogP contribution < -0.4 is 5.73 Å². The molecule has 1 rings (SSSR count). The minimum absolute atomic E-state index is 0.0283. The number of nitrogens with zero attached hydrogens (tertiary/aromatic N) is 1. The molecular formula is C12H16N2O4S. The number of carbonyl (C=O) groups excluding carboxylic acids is 2. The van der Waals surface area contributed by atoms with E-state index in [1.807, 2.05) is 0 Å². The zero-order valence-corrected chi connectivity index (χ0v) is 11.6. The van der Waals surface area contributed by atoms with Gasteiger partial charge in [0.1, 0.15) is 0 Å². The summed E-state index contributed by atoms with van der Waals surface area (Å²) in [4.78, 5) is 22.0. The summed E-state index contributed by atoms with van der Waals surface area (Å²) in [6.45, 7) is 2.78. The van der Waals surface area contributed by atoms with Crippen molar-refractivity contribution in [2.24, 2.45) is 5.73 Å². The first-order valence-corrected chi connectivity index (χ1v) is 7.12. The first-order chi connectivity index (χ1) is 8.78. The lowest BCUT2D eigenvalue weighted by atomic mass is 10.2. The summed E-state index contributed by atoms with van der Waals surface area (Å²) in [5, 5.41) is 0. The van der Waals surface area contributed by atoms with Gasteiger partial charge in [-0.3, -0.25) is 9.59 Å². The van der Waals surface area contributed by atoms with Gasteiger partial charge in [0, 0.05) is 12.1 Å². The van der Waals surface area contributed by atoms with Crippen LogP contribution in [-0.4, -0.2) is 37.5 Å². The van der Waals surface area contributed by atoms with E-state index in [0.29, 0.717) is 5.56 Å². The van der Waals surface area contributed by atoms with E-state index in [2.05, 4.69) is 0 Å². The number of benzene rings is 1. The van der Waals surface area contributed by atoms with Crippen LogP contribution in [0.4, 0.5) is 0 Å². The second kappa shape index (κ2) is 5.94. The van der Waals surface area contributed by atoms with Gasteiger partial charge in [0.05, 0.1) is 11.4 Å². The van der Waals surface area contributed by atoms with Crippen molar-refractivity contribution in [3.63, 3.8) is 0 Å². The molecule has 2 N–H and O–H groups in total. The lowest BCUT2D eigenvalue weighted by molar-refractivity contribution is -0.118. The molecule has 7 heteroatoms. The molecule has 0 radical (unpaired) electrons. The fourth-order valence-electron chi connectivity index (χ4n) is 1.55. The lowest BCUT2D eigenvalue weighted by Gasteiger charge is -2.18. The maximum Gasteiger partial charge on any atom is 0.243 e. The zero-order chi connectivity index (χ0) is 14.6. The molecule has 0 spiro atoms. The first-order valence-electron chi connectivity index (χ1n) is 5.68. The van der Waals surface area contributed by atoms with Crippen molar-refractivity contribution >= 4 is 21.7 Å². The van der Waals surface area contributed by atoms with Gasteiger partial charge >= 0.3 is 0 Å². The molecule has 6 nitrogen and oxygen atoms in total. The topological polar surface area (TPSA) is 97.5 Å². The van der Waals surface area contributed by atoms with E-state index in [9.17, 15) is 18.0 Å². The average molecular weight is 284 g/mol. The quantitative estimate of drug-likeness (QED) is 0.764. The number of nitrogens with two attached hydrogens (primary N) is 1. The molecule has 0 saturated heterocycles. The molecule has 0 aliphatic carbocycles. The lowest BCUT2D eigenvalue weighted by Crippen LogP contribution is -2.38. The van der Waals surface area contributed by atoms with E-state index in [1.54, 1.807) is 6.92 Å². The fourth-order valence-corrected chi connectivity index (χ4v) is 2.97. The third-order valence-electron chi connectivity index (χ3n) is 2.58. The van der Waals surface area contributed by atoms with Gasteiger partial charge in [0.15, 0.2) is 5.78 Å². The van der Waals surface area contributed by atoms with Crippen LogP contribution in [0.5, 0.6) is 0 Å². The van der Waals surface area contributed by atoms with E-state index in [0.717, 1.165) is 4.31 Å². The Bertz CT molecular complexity index is 578. The van der Waals surface area contributed by atoms with Crippen molar-refractivity contribution in [2.45, 2.75) is 18.7 Å². The van der Waals surface area contributed by atoms with Gasteiger partial charge in [0.25, 0.3) is 0 Å². The van der Waals surface area contributed by atoms with Crippen molar-refractivity contribution in [1.29, 1.82) is 0 Å². The summed E-state index contributed by atoms with van der Waals surface area (Å²) >= 11 is 0. The second-order valence-corrected chi connectivity index (χ2v) is 5.92. The molecule has 0 fully saturated rings. The van der Waals surface area contributed by atoms with Gasteiger partial charge in [-0.15, -0.1) is 0 Å². The fraction of sp³-hybridized carbons (Fsp3) is 0.333. The van der Waals surface area contributed by atoms with Crippen LogP contribution in [0, 0.1) is 0 Å². The Hall–Kier alpha value is -1.73. The summed E-state index contributed by atoms with van der Waals surface area (Å²) in [5.41, 5.74) is 5.45. The molecule has 1 amide bonds. The van der Waals surface area contributed by atoms with Gasteiger partial charge in [-0.2, -0.15) is 4.31 Å². The number of amides is 1. The number of ketones is 1. The molecule has 19 heavy (non-hydrogen) atoms. The van der Waals surface area contributed by atoms with E-state index >= 15 is 0 Å². The Morgan fingerprint density at radius 3 is 2.11 bits per heavy atom. The molecule has 0 unspecified atom stereocenters. The monoisotopic (exact) mass is 284 g/mol. The predicted molar refractivity (Wildman–Crippen MR) is 70.1 cm³/mol. The van der Waals surface area contributed by atoms with Crippen LogP contribution in [0.25, 0.3) is 0 Å². The van der Waals surface area contributed by atoms with Gasteiger partial charge in [-0.1, -0.05) is 19.1 Å². The molecule has 0 atom stereocenters. The molecule has 0 aliphatic heterocycles. The van der Waals surface area contributed by atoms with Crippen molar-refractivity contribution in [2.75, 3.05) is 13.1 Å². The van der Waals surface area contributed by atoms with Gasteiger partial charge in [-0.05, 0) is 19.1 Å². The van der Waals surface area contributed by atoms with Crippen LogP contribution in [0.15, 0.2) is 29.2 Å². The maximum atomic E-state index is 12.2. The number of sulfonamides is 1. The number of likely N-dealkylation sites (N-methyl/N-ethyl adjacent to an activating group) is 1. The summed E-state index contributed by atoms with van der Waals surface area (Å²) in [6, 6.07) is 5.56. The Labute approximate surface area is 112 Å². The molecule has 0 saturated carbocycles. The average Bonchev–Trinajstić information content (AvgIpc) is 2.35. The Kier molecular flexibility index (Phi) is 4.79. The standard InChI is InChI=1S/C12H16N2O4S/c1-3-14(8-12(13)16)19(17,18)11-6-4-10(5-7-11)9(2)15/h4-7H,3,8H2,1-2H3,(H2,13,16). The maximum absolute atomic E-state index is 12.2. The highest BCUT2D eigenvalue weighted by Gasteiger charge is 2.24. The SMILES string of the molecule is CCN(CC(N)=O)S(=O)(=O)c1ccc(C(C)=O)cc1. The van der Waals surface area contributed by atoms with E-state index in [-0.39, 0.29) is 23.8 Å². The summed E-state index contributed by atoms with van der Waals surface area (Å²) in [7, 11) is -3.77. The van der Waals surface area contributed by atoms with Crippen molar-refractivity contribution in [3.05, 3.63) is 29.8 Å². The van der Waals surface area contributed by atoms with Crippen molar-refractivity contribution in [3.8, 4) is 0 Å². The van der Waals surface area contributed by atoms with Crippen LogP contribution in [-0.2, 0) is 14.8 Å². The number of hydrogen-bond acceptors (Lipinski definition) is 4. The number of hydrogen-bond donors (Lipinski definition) is 1. The van der Waals surface area contributed by atoms with Crippen LogP contribution in [0.3, 0.4) is 0 Å². The van der Waals surface area contributed by atoms with Crippen molar-refractivity contribution in [1.82, 2.24) is 4.31 Å². The number of carbonyl (C=O) groups is 2. The predicted octanol–water partition coefficient (Wildman–Crippen LogP) is 0.385. The number of primary amides is 1. The van der Waals surface area contributed by atoms with E-state index in [4.69, 9.17) is 5.73 Å². The third-order valence-corrected chi connectivity index (χ3v) is 4.52. The Morgan fingerprint density at radius 1 is 1.21 bits per heavy atom. The number of Topliss-reactive ketones (excluding diaryl/α,β-unsaturated/α-hetero) is 1. The normalized spacial score (nSPS) is 11.5. The molecule has 0 aromatic heterocycles. The summed E-state index contributed by atoms with van der Waals surface area (Å²) < 4.78 is 25.4. The van der Waals surface area contributed by atoms with Crippen LogP contribution in [0.2, 0.25) is 0 Å². The van der Waals surface area contributed by atoms with Gasteiger partial charge in [-0.25, -0.2) is 8.42 Å². The van der Waals surface area contributed by atoms with Crippen molar-refractivity contribution < 1.29 is 18.0 Å². The van der Waals surface area contributed by atoms with Crippen LogP contribution in [0.1, 0.15) is 24.2 Å². The summed E-state index contributed by atoms with van der Waals surface area (Å²) in [6.07, 6.45) is 0. The molecule has 0 heterocycles. The second-order valence-electron chi connectivity index (χ2n) is 3.98. The molecule has 104 valence electrons. The smallest absolute Gasteiger partial charge is 0.243 e. The van der Waals surface area contributed by atoms with Crippen LogP contribution >= 0.6 is 0 Å². The zero-order valence-electron chi connectivity index (χ0n) is 10.8. The highest BCUT2D eigenvalue weighted by molar-refractivity contribution is 7.89. The third kappa shape index (κ3) is 3.62. The largest absolute Gasteiger partial charge is 0.369 e. The Morgan fingerprint density at radius 2 is 1.74 bits per heavy atom. The summed E-state index contributed by atoms with van der Waals surface area (Å²) in [5.74, 6) is -0.862. The molecule has 0 bridgehead atoms.